The average Bonchev–Trinajstić information content (AvgIpc) is 3.11. The largest absolute Gasteiger partial charge is 0.497 e. The van der Waals surface area contributed by atoms with E-state index in [1.54, 1.807) is 42.6 Å². The molecule has 1 unspecified atom stereocenters. The monoisotopic (exact) mass is 370 g/mol. The number of nitrogens with one attached hydrogen (secondary N) is 1. The summed E-state index contributed by atoms with van der Waals surface area (Å²) < 4.78 is 16.0. The first-order valence-corrected chi connectivity index (χ1v) is 8.15. The minimum absolute atomic E-state index is 0.00855. The molecule has 27 heavy (non-hydrogen) atoms. The van der Waals surface area contributed by atoms with Gasteiger partial charge in [-0.15, -0.1) is 0 Å². The fraction of sp³-hybridized carbons (Fsp3) is 0.211. The molecule has 2 N–H and O–H groups in total. The molecular weight excluding hydrogens is 352 g/mol. The van der Waals surface area contributed by atoms with Crippen LogP contribution < -0.4 is 10.1 Å². The molecule has 0 aliphatic carbocycles. The highest BCUT2D eigenvalue weighted by Gasteiger charge is 2.23. The van der Waals surface area contributed by atoms with Crippen LogP contribution in [0.25, 0.3) is 11.0 Å². The molecule has 0 radical (unpaired) electrons. The number of furan rings is 1. The maximum atomic E-state index is 12.3. The molecular formula is C19H18N2O6. The lowest BCUT2D eigenvalue weighted by atomic mass is 10.2. The van der Waals surface area contributed by atoms with Crippen LogP contribution in [0.3, 0.4) is 0 Å². The maximum Gasteiger partial charge on any atom is 0.328 e. The Morgan fingerprint density at radius 2 is 2.11 bits per heavy atom. The number of methoxy groups -OCH3 is 1. The van der Waals surface area contributed by atoms with Gasteiger partial charge in [-0.25, -0.2) is 4.79 Å². The molecule has 0 saturated heterocycles. The third kappa shape index (κ3) is 4.62. The van der Waals surface area contributed by atoms with Crippen LogP contribution in [-0.4, -0.2) is 41.7 Å². The Kier molecular flexibility index (Phi) is 5.68. The number of carboxylic acids is 1. The molecule has 1 aromatic carbocycles. The predicted octanol–water partition coefficient (Wildman–Crippen LogP) is 2.24. The Bertz CT molecular complexity index is 938. The van der Waals surface area contributed by atoms with Crippen molar-refractivity contribution in [3.8, 4) is 5.75 Å². The van der Waals surface area contributed by atoms with Crippen LogP contribution in [0.15, 0.2) is 53.1 Å². The summed E-state index contributed by atoms with van der Waals surface area (Å²) >= 11 is 0. The fourth-order valence-corrected chi connectivity index (χ4v) is 2.43. The first-order valence-electron chi connectivity index (χ1n) is 8.15. The summed E-state index contributed by atoms with van der Waals surface area (Å²) in [6.07, 6.45) is 1.62. The Balaban J connectivity index is 1.63. The molecule has 8 heteroatoms. The Hall–Kier alpha value is -3.39. The minimum Gasteiger partial charge on any atom is -0.497 e. The summed E-state index contributed by atoms with van der Waals surface area (Å²) in [6, 6.07) is 10.8. The quantitative estimate of drug-likeness (QED) is 0.625. The van der Waals surface area contributed by atoms with Gasteiger partial charge in [0.25, 0.3) is 5.91 Å². The first-order chi connectivity index (χ1) is 13.1. The van der Waals surface area contributed by atoms with Gasteiger partial charge in [0.2, 0.25) is 0 Å². The number of amides is 1. The van der Waals surface area contributed by atoms with Gasteiger partial charge in [-0.05, 0) is 36.4 Å². The van der Waals surface area contributed by atoms with E-state index in [4.69, 9.17) is 13.9 Å². The average molecular weight is 370 g/mol. The van der Waals surface area contributed by atoms with Gasteiger partial charge in [0.1, 0.15) is 11.3 Å². The van der Waals surface area contributed by atoms with Crippen LogP contribution in [0.1, 0.15) is 16.2 Å². The van der Waals surface area contributed by atoms with Crippen molar-refractivity contribution in [2.75, 3.05) is 13.7 Å². The second kappa shape index (κ2) is 8.33. The van der Waals surface area contributed by atoms with Gasteiger partial charge in [0.05, 0.1) is 26.0 Å². The summed E-state index contributed by atoms with van der Waals surface area (Å²) in [5.74, 6) is -1.21. The van der Waals surface area contributed by atoms with Gasteiger partial charge in [-0.3, -0.25) is 9.78 Å². The van der Waals surface area contributed by atoms with Crippen LogP contribution >= 0.6 is 0 Å². The highest BCUT2D eigenvalue weighted by molar-refractivity contribution is 5.98. The number of rotatable bonds is 8. The lowest BCUT2D eigenvalue weighted by molar-refractivity contribution is -0.141. The van der Waals surface area contributed by atoms with E-state index in [0.717, 1.165) is 0 Å². The summed E-state index contributed by atoms with van der Waals surface area (Å²) in [5.41, 5.74) is 1.17. The Labute approximate surface area is 154 Å². The van der Waals surface area contributed by atoms with Crippen molar-refractivity contribution in [3.05, 3.63) is 60.1 Å². The van der Waals surface area contributed by atoms with Crippen molar-refractivity contribution in [1.82, 2.24) is 10.3 Å². The van der Waals surface area contributed by atoms with Crippen LogP contribution in [0.4, 0.5) is 0 Å². The zero-order valence-corrected chi connectivity index (χ0v) is 14.5. The third-order valence-electron chi connectivity index (χ3n) is 3.81. The molecule has 1 atom stereocenters. The van der Waals surface area contributed by atoms with Crippen LogP contribution in [0.5, 0.6) is 5.75 Å². The van der Waals surface area contributed by atoms with E-state index >= 15 is 0 Å². The molecule has 0 saturated carbocycles. The van der Waals surface area contributed by atoms with E-state index in [1.807, 2.05) is 0 Å². The molecule has 140 valence electrons. The minimum atomic E-state index is -1.22. The third-order valence-corrected chi connectivity index (χ3v) is 3.81. The number of carbonyl (C=O) groups excluding carboxylic acids is 1. The maximum absolute atomic E-state index is 12.3. The lowest BCUT2D eigenvalue weighted by Crippen LogP contribution is -2.43. The van der Waals surface area contributed by atoms with Gasteiger partial charge in [0, 0.05) is 11.6 Å². The number of hydrogen-bond acceptors (Lipinski definition) is 6. The number of hydrogen-bond donors (Lipinski definition) is 2. The van der Waals surface area contributed by atoms with Crippen LogP contribution in [-0.2, 0) is 16.1 Å². The number of ether oxygens (including phenoxy) is 2. The van der Waals surface area contributed by atoms with Gasteiger partial charge >= 0.3 is 5.97 Å². The number of nitrogens with zero attached hydrogens (tertiary/aromatic N) is 1. The summed E-state index contributed by atoms with van der Waals surface area (Å²) in [4.78, 5) is 27.8. The molecule has 0 bridgehead atoms. The summed E-state index contributed by atoms with van der Waals surface area (Å²) in [5, 5.41) is 12.4. The van der Waals surface area contributed by atoms with Crippen molar-refractivity contribution in [1.29, 1.82) is 0 Å². The molecule has 3 aromatic rings. The fourth-order valence-electron chi connectivity index (χ4n) is 2.43. The van der Waals surface area contributed by atoms with Crippen LogP contribution in [0, 0.1) is 0 Å². The van der Waals surface area contributed by atoms with Crippen molar-refractivity contribution in [2.24, 2.45) is 0 Å². The topological polar surface area (TPSA) is 111 Å². The zero-order chi connectivity index (χ0) is 19.2. The number of aromatic nitrogens is 1. The van der Waals surface area contributed by atoms with Crippen LogP contribution in [0.2, 0.25) is 0 Å². The van der Waals surface area contributed by atoms with Gasteiger partial charge < -0.3 is 24.3 Å². The number of fused-ring (bicyclic) bond motifs is 1. The molecule has 1 amide bonds. The zero-order valence-electron chi connectivity index (χ0n) is 14.5. The summed E-state index contributed by atoms with van der Waals surface area (Å²) in [7, 11) is 1.54. The molecule has 3 rings (SSSR count). The SMILES string of the molecule is COc1ccc2oc(C(=O)NC(COCc3ccccn3)C(=O)O)cc2c1. The molecule has 0 fully saturated rings. The van der Waals surface area contributed by atoms with Gasteiger partial charge in [-0.2, -0.15) is 0 Å². The molecule has 2 aromatic heterocycles. The predicted molar refractivity (Wildman–Crippen MR) is 95.5 cm³/mol. The lowest BCUT2D eigenvalue weighted by Gasteiger charge is -2.13. The standard InChI is InChI=1S/C19H18N2O6/c1-25-14-5-6-16-12(8-14)9-17(27-16)18(22)21-15(19(23)24)11-26-10-13-4-2-3-7-20-13/h2-9,15H,10-11H2,1H3,(H,21,22)(H,23,24). The van der Waals surface area contributed by atoms with Crippen molar-refractivity contribution in [2.45, 2.75) is 12.6 Å². The van der Waals surface area contributed by atoms with Crippen molar-refractivity contribution >= 4 is 22.8 Å². The molecule has 0 aliphatic rings. The number of pyridine rings is 1. The first kappa shape index (κ1) is 18.4. The molecule has 0 aliphatic heterocycles. The molecule has 2 heterocycles. The normalized spacial score (nSPS) is 11.9. The highest BCUT2D eigenvalue weighted by Crippen LogP contribution is 2.24. The number of carboxylic acid groups (broad SMARTS) is 1. The second-order valence-corrected chi connectivity index (χ2v) is 5.71. The molecule has 8 nitrogen and oxygen atoms in total. The van der Waals surface area contributed by atoms with E-state index in [9.17, 15) is 14.7 Å². The van der Waals surface area contributed by atoms with Crippen molar-refractivity contribution in [3.63, 3.8) is 0 Å². The van der Waals surface area contributed by atoms with Crippen molar-refractivity contribution < 1.29 is 28.6 Å². The smallest absolute Gasteiger partial charge is 0.328 e. The Morgan fingerprint density at radius 3 is 2.81 bits per heavy atom. The summed E-state index contributed by atoms with van der Waals surface area (Å²) in [6.45, 7) is -0.0589. The van der Waals surface area contributed by atoms with E-state index in [2.05, 4.69) is 10.3 Å². The van der Waals surface area contributed by atoms with Gasteiger partial charge in [-0.1, -0.05) is 6.07 Å². The van der Waals surface area contributed by atoms with E-state index in [0.29, 0.717) is 22.4 Å². The second-order valence-electron chi connectivity index (χ2n) is 5.71. The van der Waals surface area contributed by atoms with E-state index in [-0.39, 0.29) is 19.0 Å². The highest BCUT2D eigenvalue weighted by atomic mass is 16.5. The molecule has 0 spiro atoms. The Morgan fingerprint density at radius 1 is 1.26 bits per heavy atom. The number of aliphatic carboxylic acids is 1. The number of benzene rings is 1. The van der Waals surface area contributed by atoms with E-state index < -0.39 is 17.9 Å². The van der Waals surface area contributed by atoms with Gasteiger partial charge in [0.15, 0.2) is 11.8 Å². The number of carbonyl (C=O) groups is 2. The van der Waals surface area contributed by atoms with E-state index in [1.165, 1.54) is 13.2 Å².